The summed E-state index contributed by atoms with van der Waals surface area (Å²) in [5, 5.41) is 0. The van der Waals surface area contributed by atoms with Crippen LogP contribution < -0.4 is 5.73 Å². The first-order valence-corrected chi connectivity index (χ1v) is 6.76. The summed E-state index contributed by atoms with van der Waals surface area (Å²) < 4.78 is 0. The van der Waals surface area contributed by atoms with E-state index in [-0.39, 0.29) is 5.54 Å². The fourth-order valence-corrected chi connectivity index (χ4v) is 3.31. The van der Waals surface area contributed by atoms with Gasteiger partial charge in [0.1, 0.15) is 0 Å². The third-order valence-corrected chi connectivity index (χ3v) is 4.22. The zero-order chi connectivity index (χ0) is 12.5. The minimum absolute atomic E-state index is 0.248. The standard InChI is InChI=1S/C13H26N4/c1-11-5-4-6-13(9-11)10-15-12(14)17(13)8-7-16(2)3/h11H,4-10H2,1-3H3,(H2,14,15). The van der Waals surface area contributed by atoms with E-state index in [9.17, 15) is 0 Å². The van der Waals surface area contributed by atoms with Crippen molar-refractivity contribution in [3.63, 3.8) is 0 Å². The molecule has 0 radical (unpaired) electrons. The van der Waals surface area contributed by atoms with Gasteiger partial charge in [0.25, 0.3) is 0 Å². The molecule has 2 atom stereocenters. The molecule has 4 heteroatoms. The lowest BCUT2D eigenvalue weighted by atomic mass is 9.76. The number of nitrogens with two attached hydrogens (primary N) is 1. The molecule has 17 heavy (non-hydrogen) atoms. The summed E-state index contributed by atoms with van der Waals surface area (Å²) in [5.41, 5.74) is 6.32. The molecule has 2 aliphatic rings. The average molecular weight is 238 g/mol. The molecule has 0 aromatic rings. The van der Waals surface area contributed by atoms with Crippen LogP contribution in [-0.2, 0) is 0 Å². The maximum Gasteiger partial charge on any atom is 0.191 e. The summed E-state index contributed by atoms with van der Waals surface area (Å²) in [6.45, 7) is 5.33. The van der Waals surface area contributed by atoms with Gasteiger partial charge in [-0.1, -0.05) is 19.8 Å². The summed E-state index contributed by atoms with van der Waals surface area (Å²) in [5.74, 6) is 1.58. The van der Waals surface area contributed by atoms with Crippen LogP contribution in [0, 0.1) is 5.92 Å². The lowest BCUT2D eigenvalue weighted by Crippen LogP contribution is -2.55. The molecule has 0 saturated heterocycles. The molecule has 2 rings (SSSR count). The number of likely N-dealkylation sites (N-methyl/N-ethyl adjacent to an activating group) is 1. The first kappa shape index (κ1) is 12.7. The molecule has 1 saturated carbocycles. The van der Waals surface area contributed by atoms with Crippen molar-refractivity contribution in [1.82, 2.24) is 9.80 Å². The Morgan fingerprint density at radius 1 is 1.53 bits per heavy atom. The van der Waals surface area contributed by atoms with Gasteiger partial charge in [-0.25, -0.2) is 0 Å². The van der Waals surface area contributed by atoms with Gasteiger partial charge in [-0.15, -0.1) is 0 Å². The Balaban J connectivity index is 2.05. The van der Waals surface area contributed by atoms with Gasteiger partial charge in [-0.3, -0.25) is 4.99 Å². The molecule has 1 fully saturated rings. The normalized spacial score (nSPS) is 33.5. The van der Waals surface area contributed by atoms with Gasteiger partial charge < -0.3 is 15.5 Å². The molecular formula is C13H26N4. The average Bonchev–Trinajstić information content (AvgIpc) is 2.53. The third kappa shape index (κ3) is 2.57. The highest BCUT2D eigenvalue weighted by Gasteiger charge is 2.44. The molecule has 0 aromatic carbocycles. The molecule has 0 amide bonds. The predicted octanol–water partition coefficient (Wildman–Crippen LogP) is 1.13. The van der Waals surface area contributed by atoms with Gasteiger partial charge in [0.15, 0.2) is 5.96 Å². The zero-order valence-corrected chi connectivity index (χ0v) is 11.4. The second-order valence-corrected chi connectivity index (χ2v) is 6.06. The number of hydrogen-bond donors (Lipinski definition) is 1. The van der Waals surface area contributed by atoms with Gasteiger partial charge in [0, 0.05) is 13.1 Å². The highest BCUT2D eigenvalue weighted by Crippen LogP contribution is 2.39. The lowest BCUT2D eigenvalue weighted by Gasteiger charge is -2.44. The van der Waals surface area contributed by atoms with Crippen LogP contribution in [0.1, 0.15) is 32.6 Å². The number of hydrogen-bond acceptors (Lipinski definition) is 4. The van der Waals surface area contributed by atoms with E-state index in [4.69, 9.17) is 5.73 Å². The van der Waals surface area contributed by atoms with Gasteiger partial charge in [-0.05, 0) is 32.9 Å². The maximum atomic E-state index is 6.07. The van der Waals surface area contributed by atoms with Crippen molar-refractivity contribution in [1.29, 1.82) is 0 Å². The van der Waals surface area contributed by atoms with Crippen molar-refractivity contribution >= 4 is 5.96 Å². The highest BCUT2D eigenvalue weighted by atomic mass is 15.4. The molecule has 2 N–H and O–H groups in total. The van der Waals surface area contributed by atoms with E-state index in [0.29, 0.717) is 0 Å². The van der Waals surface area contributed by atoms with E-state index in [1.807, 2.05) is 0 Å². The molecule has 1 spiro atoms. The number of nitrogens with zero attached hydrogens (tertiary/aromatic N) is 3. The zero-order valence-electron chi connectivity index (χ0n) is 11.4. The molecular weight excluding hydrogens is 212 g/mol. The Labute approximate surface area is 105 Å². The Kier molecular flexibility index (Phi) is 3.61. The number of rotatable bonds is 3. The fraction of sp³-hybridized carbons (Fsp3) is 0.923. The first-order chi connectivity index (χ1) is 8.03. The van der Waals surface area contributed by atoms with Crippen molar-refractivity contribution in [2.24, 2.45) is 16.6 Å². The van der Waals surface area contributed by atoms with Crippen LogP contribution >= 0.6 is 0 Å². The van der Waals surface area contributed by atoms with Gasteiger partial charge in [0.2, 0.25) is 0 Å². The van der Waals surface area contributed by atoms with Crippen molar-refractivity contribution in [3.05, 3.63) is 0 Å². The largest absolute Gasteiger partial charge is 0.370 e. The molecule has 0 aromatic heterocycles. The van der Waals surface area contributed by atoms with Gasteiger partial charge in [-0.2, -0.15) is 0 Å². The summed E-state index contributed by atoms with van der Waals surface area (Å²) in [7, 11) is 4.22. The molecule has 1 aliphatic heterocycles. The Morgan fingerprint density at radius 3 is 2.94 bits per heavy atom. The van der Waals surface area contributed by atoms with Crippen LogP contribution in [-0.4, -0.2) is 55.0 Å². The number of aliphatic imine (C=N–C) groups is 1. The van der Waals surface area contributed by atoms with Crippen LogP contribution in [0.2, 0.25) is 0 Å². The van der Waals surface area contributed by atoms with Crippen LogP contribution in [0.15, 0.2) is 4.99 Å². The topological polar surface area (TPSA) is 44.9 Å². The van der Waals surface area contributed by atoms with Crippen molar-refractivity contribution in [2.75, 3.05) is 33.7 Å². The molecule has 4 nitrogen and oxygen atoms in total. The van der Waals surface area contributed by atoms with Crippen LogP contribution in [0.3, 0.4) is 0 Å². The molecule has 1 aliphatic carbocycles. The minimum Gasteiger partial charge on any atom is -0.370 e. The second kappa shape index (κ2) is 4.84. The van der Waals surface area contributed by atoms with E-state index in [1.54, 1.807) is 0 Å². The van der Waals surface area contributed by atoms with Gasteiger partial charge >= 0.3 is 0 Å². The summed E-state index contributed by atoms with van der Waals surface area (Å²) in [4.78, 5) is 9.10. The van der Waals surface area contributed by atoms with E-state index in [2.05, 4.69) is 35.8 Å². The molecule has 1 heterocycles. The van der Waals surface area contributed by atoms with E-state index >= 15 is 0 Å². The predicted molar refractivity (Wildman–Crippen MR) is 72.1 cm³/mol. The molecule has 0 bridgehead atoms. The monoisotopic (exact) mass is 238 g/mol. The number of guanidine groups is 1. The van der Waals surface area contributed by atoms with E-state index < -0.39 is 0 Å². The van der Waals surface area contributed by atoms with Crippen LogP contribution in [0.25, 0.3) is 0 Å². The quantitative estimate of drug-likeness (QED) is 0.801. The van der Waals surface area contributed by atoms with Crippen molar-refractivity contribution in [2.45, 2.75) is 38.1 Å². The Hall–Kier alpha value is -0.770. The Morgan fingerprint density at radius 2 is 2.29 bits per heavy atom. The first-order valence-electron chi connectivity index (χ1n) is 6.76. The van der Waals surface area contributed by atoms with Crippen molar-refractivity contribution < 1.29 is 0 Å². The SMILES string of the molecule is CC1CCCC2(CN=C(N)N2CCN(C)C)C1. The van der Waals surface area contributed by atoms with E-state index in [0.717, 1.165) is 31.5 Å². The summed E-state index contributed by atoms with van der Waals surface area (Å²) in [6, 6.07) is 0. The maximum absolute atomic E-state index is 6.07. The van der Waals surface area contributed by atoms with Crippen LogP contribution in [0.5, 0.6) is 0 Å². The summed E-state index contributed by atoms with van der Waals surface area (Å²) in [6.07, 6.45) is 5.20. The molecule has 98 valence electrons. The van der Waals surface area contributed by atoms with E-state index in [1.165, 1.54) is 25.7 Å². The van der Waals surface area contributed by atoms with Crippen LogP contribution in [0.4, 0.5) is 0 Å². The lowest BCUT2D eigenvalue weighted by molar-refractivity contribution is 0.107. The van der Waals surface area contributed by atoms with Gasteiger partial charge in [0.05, 0.1) is 12.1 Å². The van der Waals surface area contributed by atoms with Crippen molar-refractivity contribution in [3.8, 4) is 0 Å². The smallest absolute Gasteiger partial charge is 0.191 e. The third-order valence-electron chi connectivity index (χ3n) is 4.22. The fourth-order valence-electron chi connectivity index (χ4n) is 3.31. The Bertz CT molecular complexity index is 300. The highest BCUT2D eigenvalue weighted by molar-refractivity contribution is 5.81. The minimum atomic E-state index is 0.248. The second-order valence-electron chi connectivity index (χ2n) is 6.06. The summed E-state index contributed by atoms with van der Waals surface area (Å²) >= 11 is 0. The molecule has 2 unspecified atom stereocenters.